The van der Waals surface area contributed by atoms with Gasteiger partial charge in [-0.25, -0.2) is 0 Å². The summed E-state index contributed by atoms with van der Waals surface area (Å²) in [6, 6.07) is 0.606. The first-order valence-electron chi connectivity index (χ1n) is 4.96. The Morgan fingerprint density at radius 2 is 2.08 bits per heavy atom. The van der Waals surface area contributed by atoms with Crippen LogP contribution in [0.4, 0.5) is 0 Å². The number of halogens is 1. The molecular formula is C10H21ClN2. The summed E-state index contributed by atoms with van der Waals surface area (Å²) < 4.78 is 0. The summed E-state index contributed by atoms with van der Waals surface area (Å²) in [7, 11) is 4.19. The smallest absolute Gasteiger partial charge is 0.0416 e. The van der Waals surface area contributed by atoms with Crippen LogP contribution in [0.1, 0.15) is 20.3 Å². The highest BCUT2D eigenvalue weighted by Gasteiger charge is 2.46. The molecule has 0 aromatic carbocycles. The third-order valence-corrected chi connectivity index (χ3v) is 3.84. The van der Waals surface area contributed by atoms with Gasteiger partial charge in [-0.15, -0.1) is 11.6 Å². The molecule has 13 heavy (non-hydrogen) atoms. The Balaban J connectivity index is 2.17. The van der Waals surface area contributed by atoms with Crippen molar-refractivity contribution in [1.82, 2.24) is 10.2 Å². The molecule has 0 bridgehead atoms. The summed E-state index contributed by atoms with van der Waals surface area (Å²) >= 11 is 6.13. The molecule has 0 saturated heterocycles. The largest absolute Gasteiger partial charge is 0.312 e. The lowest BCUT2D eigenvalue weighted by Gasteiger charge is -2.49. The van der Waals surface area contributed by atoms with E-state index in [-0.39, 0.29) is 5.41 Å². The van der Waals surface area contributed by atoms with Crippen molar-refractivity contribution in [3.63, 3.8) is 0 Å². The van der Waals surface area contributed by atoms with Crippen LogP contribution in [-0.2, 0) is 0 Å². The molecule has 0 aliphatic heterocycles. The van der Waals surface area contributed by atoms with Crippen molar-refractivity contribution in [3.8, 4) is 0 Å². The van der Waals surface area contributed by atoms with Gasteiger partial charge in [0, 0.05) is 24.5 Å². The zero-order valence-electron chi connectivity index (χ0n) is 9.10. The summed E-state index contributed by atoms with van der Waals surface area (Å²) in [5.41, 5.74) is 0.272. The second kappa shape index (κ2) is 4.16. The molecule has 1 N–H and O–H groups in total. The zero-order valence-corrected chi connectivity index (χ0v) is 9.86. The summed E-state index contributed by atoms with van der Waals surface area (Å²) in [5.74, 6) is 0. The Hall–Kier alpha value is 0.210. The van der Waals surface area contributed by atoms with Crippen LogP contribution in [0.5, 0.6) is 0 Å². The van der Waals surface area contributed by atoms with E-state index in [2.05, 4.69) is 38.2 Å². The van der Waals surface area contributed by atoms with Gasteiger partial charge >= 0.3 is 0 Å². The predicted octanol–water partition coefficient (Wildman–Crippen LogP) is 1.54. The average molecular weight is 205 g/mol. The molecule has 1 aliphatic rings. The molecule has 1 saturated carbocycles. The van der Waals surface area contributed by atoms with Crippen molar-refractivity contribution in [2.45, 2.75) is 31.7 Å². The molecule has 2 atom stereocenters. The number of hydrogen-bond acceptors (Lipinski definition) is 2. The molecule has 1 fully saturated rings. The highest BCUT2D eigenvalue weighted by molar-refractivity contribution is 6.21. The lowest BCUT2D eigenvalue weighted by Crippen LogP contribution is -2.58. The van der Waals surface area contributed by atoms with Crippen LogP contribution in [0.25, 0.3) is 0 Å². The van der Waals surface area contributed by atoms with Crippen molar-refractivity contribution >= 4 is 11.6 Å². The second-order valence-electron chi connectivity index (χ2n) is 4.83. The van der Waals surface area contributed by atoms with Gasteiger partial charge in [-0.3, -0.25) is 0 Å². The summed E-state index contributed by atoms with van der Waals surface area (Å²) in [6.07, 6.45) is 1.11. The Morgan fingerprint density at radius 3 is 2.46 bits per heavy atom. The summed E-state index contributed by atoms with van der Waals surface area (Å²) in [5, 5.41) is 3.90. The predicted molar refractivity (Wildman–Crippen MR) is 58.4 cm³/mol. The van der Waals surface area contributed by atoms with Crippen molar-refractivity contribution in [2.24, 2.45) is 5.41 Å². The molecule has 0 spiro atoms. The normalized spacial score (nSPS) is 31.8. The van der Waals surface area contributed by atoms with Gasteiger partial charge in [0.1, 0.15) is 0 Å². The van der Waals surface area contributed by atoms with Gasteiger partial charge in [0.25, 0.3) is 0 Å². The van der Waals surface area contributed by atoms with Crippen molar-refractivity contribution in [3.05, 3.63) is 0 Å². The Labute approximate surface area is 86.6 Å². The van der Waals surface area contributed by atoms with Crippen LogP contribution in [0, 0.1) is 5.41 Å². The van der Waals surface area contributed by atoms with E-state index in [9.17, 15) is 0 Å². The van der Waals surface area contributed by atoms with Gasteiger partial charge in [-0.1, -0.05) is 13.8 Å². The molecule has 1 aliphatic carbocycles. The van der Waals surface area contributed by atoms with Gasteiger partial charge in [-0.2, -0.15) is 0 Å². The molecule has 0 heterocycles. The number of nitrogens with zero attached hydrogens (tertiary/aromatic N) is 1. The second-order valence-corrected chi connectivity index (χ2v) is 5.36. The Bertz CT molecular complexity index is 168. The molecule has 0 aromatic heterocycles. The van der Waals surface area contributed by atoms with Gasteiger partial charge < -0.3 is 10.2 Å². The standard InChI is InChI=1S/C10H21ClN2/c1-10(2)8(11)7-9(10)12-5-6-13(3)4/h8-9,12H,5-7H2,1-4H3. The minimum Gasteiger partial charge on any atom is -0.312 e. The first-order valence-corrected chi connectivity index (χ1v) is 5.40. The number of hydrogen-bond donors (Lipinski definition) is 1. The minimum absolute atomic E-state index is 0.272. The number of likely N-dealkylation sites (N-methyl/N-ethyl adjacent to an activating group) is 1. The van der Waals surface area contributed by atoms with Crippen LogP contribution < -0.4 is 5.32 Å². The van der Waals surface area contributed by atoms with Crippen LogP contribution in [0.15, 0.2) is 0 Å². The highest BCUT2D eigenvalue weighted by Crippen LogP contribution is 2.44. The fraction of sp³-hybridized carbons (Fsp3) is 1.00. The van der Waals surface area contributed by atoms with Crippen molar-refractivity contribution in [1.29, 1.82) is 0 Å². The van der Waals surface area contributed by atoms with Crippen molar-refractivity contribution in [2.75, 3.05) is 27.2 Å². The van der Waals surface area contributed by atoms with E-state index in [4.69, 9.17) is 11.6 Å². The Morgan fingerprint density at radius 1 is 1.46 bits per heavy atom. The van der Waals surface area contributed by atoms with Gasteiger partial charge in [0.15, 0.2) is 0 Å². The molecular weight excluding hydrogens is 184 g/mol. The van der Waals surface area contributed by atoms with E-state index in [0.717, 1.165) is 19.5 Å². The maximum Gasteiger partial charge on any atom is 0.0416 e. The van der Waals surface area contributed by atoms with Crippen LogP contribution in [-0.4, -0.2) is 43.5 Å². The lowest BCUT2D eigenvalue weighted by molar-refractivity contribution is 0.115. The topological polar surface area (TPSA) is 15.3 Å². The maximum atomic E-state index is 6.13. The quantitative estimate of drug-likeness (QED) is 0.700. The third-order valence-electron chi connectivity index (χ3n) is 3.10. The van der Waals surface area contributed by atoms with E-state index in [0.29, 0.717) is 11.4 Å². The molecule has 1 rings (SSSR count). The molecule has 3 heteroatoms. The van der Waals surface area contributed by atoms with Gasteiger partial charge in [0.2, 0.25) is 0 Å². The van der Waals surface area contributed by atoms with E-state index < -0.39 is 0 Å². The number of rotatable bonds is 4. The first-order chi connectivity index (χ1) is 5.94. The first kappa shape index (κ1) is 11.3. The summed E-state index contributed by atoms with van der Waals surface area (Å²) in [6.45, 7) is 6.63. The third kappa shape index (κ3) is 2.58. The molecule has 0 radical (unpaired) electrons. The monoisotopic (exact) mass is 204 g/mol. The number of nitrogens with one attached hydrogen (secondary N) is 1. The van der Waals surface area contributed by atoms with Crippen LogP contribution in [0.3, 0.4) is 0 Å². The van der Waals surface area contributed by atoms with Gasteiger partial charge in [0.05, 0.1) is 0 Å². The molecule has 0 amide bonds. The van der Waals surface area contributed by atoms with E-state index in [1.165, 1.54) is 0 Å². The number of alkyl halides is 1. The highest BCUT2D eigenvalue weighted by atomic mass is 35.5. The minimum atomic E-state index is 0.272. The SMILES string of the molecule is CN(C)CCNC1CC(Cl)C1(C)C. The molecule has 2 unspecified atom stereocenters. The average Bonchev–Trinajstić information content (AvgIpc) is 2.02. The fourth-order valence-electron chi connectivity index (χ4n) is 1.68. The van der Waals surface area contributed by atoms with Gasteiger partial charge in [-0.05, 0) is 25.9 Å². The van der Waals surface area contributed by atoms with Crippen molar-refractivity contribution < 1.29 is 0 Å². The summed E-state index contributed by atoms with van der Waals surface area (Å²) in [4.78, 5) is 2.19. The molecule has 0 aromatic rings. The van der Waals surface area contributed by atoms with E-state index in [1.807, 2.05) is 0 Å². The van der Waals surface area contributed by atoms with E-state index in [1.54, 1.807) is 0 Å². The fourth-order valence-corrected chi connectivity index (χ4v) is 2.01. The van der Waals surface area contributed by atoms with E-state index >= 15 is 0 Å². The maximum absolute atomic E-state index is 6.13. The van der Waals surface area contributed by atoms with Crippen LogP contribution in [0.2, 0.25) is 0 Å². The molecule has 2 nitrogen and oxygen atoms in total. The van der Waals surface area contributed by atoms with Crippen LogP contribution >= 0.6 is 11.6 Å². The lowest BCUT2D eigenvalue weighted by atomic mass is 9.67. The molecule has 78 valence electrons. The Kier molecular flexibility index (Phi) is 3.61. The zero-order chi connectivity index (χ0) is 10.1.